The van der Waals surface area contributed by atoms with Gasteiger partial charge in [-0.25, -0.2) is 0 Å². The maximum atomic E-state index is 11.6. The summed E-state index contributed by atoms with van der Waals surface area (Å²) in [5, 5.41) is 12.3. The molecule has 2 N–H and O–H groups in total. The first-order valence-electron chi connectivity index (χ1n) is 12.5. The van der Waals surface area contributed by atoms with Gasteiger partial charge in [0.05, 0.1) is 18.8 Å². The molecule has 1 saturated heterocycles. The zero-order valence-electron chi connectivity index (χ0n) is 21.4. The average Bonchev–Trinajstić information content (AvgIpc) is 2.89. The number of ether oxygens (including phenoxy) is 2. The van der Waals surface area contributed by atoms with Gasteiger partial charge in [-0.1, -0.05) is 73.7 Å². The summed E-state index contributed by atoms with van der Waals surface area (Å²) in [5.74, 6) is -0.0346. The molecule has 0 aromatic heterocycles. The summed E-state index contributed by atoms with van der Waals surface area (Å²) in [6.45, 7) is 6.61. The lowest BCUT2D eigenvalue weighted by Gasteiger charge is -2.43. The summed E-state index contributed by atoms with van der Waals surface area (Å²) >= 11 is 0. The lowest BCUT2D eigenvalue weighted by molar-refractivity contribution is -0.276. The number of hydrogen-bond acceptors (Lipinski definition) is 5. The Kier molecular flexibility index (Phi) is 8.54. The van der Waals surface area contributed by atoms with Gasteiger partial charge in [0.25, 0.3) is 0 Å². The monoisotopic (exact) mass is 488 g/mol. The molecule has 0 bridgehead atoms. The van der Waals surface area contributed by atoms with E-state index in [-0.39, 0.29) is 36.7 Å². The molecule has 36 heavy (non-hydrogen) atoms. The van der Waals surface area contributed by atoms with Crippen molar-refractivity contribution in [2.24, 2.45) is 5.92 Å². The van der Waals surface area contributed by atoms with Crippen molar-refractivity contribution in [2.45, 2.75) is 51.9 Å². The third kappa shape index (κ3) is 6.20. The van der Waals surface area contributed by atoms with Gasteiger partial charge in [0, 0.05) is 36.7 Å². The number of nitrogens with one attached hydrogen (secondary N) is 1. The van der Waals surface area contributed by atoms with Gasteiger partial charge >= 0.3 is 0 Å². The number of benzene rings is 3. The van der Waals surface area contributed by atoms with Gasteiger partial charge in [0.1, 0.15) is 0 Å². The van der Waals surface area contributed by atoms with Crippen LogP contribution in [0, 0.1) is 5.92 Å². The molecule has 6 nitrogen and oxygen atoms in total. The highest BCUT2D eigenvalue weighted by Crippen LogP contribution is 2.42. The van der Waals surface area contributed by atoms with Crippen LogP contribution in [-0.2, 0) is 20.9 Å². The molecule has 0 saturated carbocycles. The van der Waals surface area contributed by atoms with Crippen molar-refractivity contribution in [1.82, 2.24) is 4.90 Å². The van der Waals surface area contributed by atoms with Crippen LogP contribution in [0.5, 0.6) is 0 Å². The number of amides is 1. The molecule has 1 amide bonds. The van der Waals surface area contributed by atoms with Gasteiger partial charge in [0.15, 0.2) is 6.29 Å². The minimum atomic E-state index is -0.581. The summed E-state index contributed by atoms with van der Waals surface area (Å²) in [4.78, 5) is 13.9. The summed E-state index contributed by atoms with van der Waals surface area (Å²) in [5.41, 5.74) is 4.74. The number of carbonyl (C=O) groups excluding carboxylic acids is 1. The van der Waals surface area contributed by atoms with Crippen LogP contribution in [0.4, 0.5) is 5.69 Å². The lowest BCUT2D eigenvalue weighted by Crippen LogP contribution is -2.44. The molecule has 3 aromatic carbocycles. The molecule has 5 atom stereocenters. The minimum absolute atomic E-state index is 0.00777. The van der Waals surface area contributed by atoms with E-state index in [4.69, 9.17) is 9.47 Å². The quantitative estimate of drug-likeness (QED) is 0.431. The summed E-state index contributed by atoms with van der Waals surface area (Å²) < 4.78 is 13.1. The first-order chi connectivity index (χ1) is 17.4. The van der Waals surface area contributed by atoms with Crippen LogP contribution in [0.2, 0.25) is 0 Å². The Morgan fingerprint density at radius 1 is 1.00 bits per heavy atom. The van der Waals surface area contributed by atoms with Crippen LogP contribution >= 0.6 is 0 Å². The minimum Gasteiger partial charge on any atom is -0.392 e. The normalized spacial score (nSPS) is 22.8. The molecule has 0 unspecified atom stereocenters. The molecule has 6 heteroatoms. The summed E-state index contributed by atoms with van der Waals surface area (Å²) in [6.07, 6.45) is -0.860. The highest BCUT2D eigenvalue weighted by molar-refractivity contribution is 5.88. The number of hydrogen-bond donors (Lipinski definition) is 2. The maximum absolute atomic E-state index is 11.6. The largest absolute Gasteiger partial charge is 0.392 e. The van der Waals surface area contributed by atoms with E-state index in [1.54, 1.807) is 0 Å². The lowest BCUT2D eigenvalue weighted by atomic mass is 9.89. The van der Waals surface area contributed by atoms with Gasteiger partial charge in [0.2, 0.25) is 5.91 Å². The van der Waals surface area contributed by atoms with E-state index in [0.717, 1.165) is 23.2 Å². The second-order valence-corrected chi connectivity index (χ2v) is 9.65. The molecule has 0 aliphatic carbocycles. The molecular weight excluding hydrogens is 452 g/mol. The van der Waals surface area contributed by atoms with Crippen molar-refractivity contribution in [3.63, 3.8) is 0 Å². The predicted octanol–water partition coefficient (Wildman–Crippen LogP) is 5.62. The van der Waals surface area contributed by atoms with Crippen LogP contribution in [0.3, 0.4) is 0 Å². The Labute approximate surface area is 213 Å². The number of aliphatic hydroxyl groups excluding tert-OH is 1. The van der Waals surface area contributed by atoms with Gasteiger partial charge in [-0.15, -0.1) is 0 Å². The Hall–Kier alpha value is -3.03. The predicted molar refractivity (Wildman–Crippen MR) is 141 cm³/mol. The van der Waals surface area contributed by atoms with E-state index >= 15 is 0 Å². The second-order valence-electron chi connectivity index (χ2n) is 9.65. The number of nitrogens with zero attached hydrogens (tertiary/aromatic N) is 1. The van der Waals surface area contributed by atoms with Gasteiger partial charge in [-0.3, -0.25) is 9.69 Å². The van der Waals surface area contributed by atoms with E-state index in [1.165, 1.54) is 12.5 Å². The third-order valence-electron chi connectivity index (χ3n) is 7.01. The molecule has 1 fully saturated rings. The molecule has 1 aliphatic rings. The number of rotatable bonds is 8. The van der Waals surface area contributed by atoms with Gasteiger partial charge in [-0.05, 0) is 42.8 Å². The van der Waals surface area contributed by atoms with Crippen LogP contribution < -0.4 is 5.32 Å². The van der Waals surface area contributed by atoms with Crippen molar-refractivity contribution < 1.29 is 19.4 Å². The van der Waals surface area contributed by atoms with E-state index < -0.39 is 6.29 Å². The van der Waals surface area contributed by atoms with Crippen molar-refractivity contribution in [3.8, 4) is 0 Å². The summed E-state index contributed by atoms with van der Waals surface area (Å²) in [7, 11) is 2.13. The first-order valence-corrected chi connectivity index (χ1v) is 12.5. The number of anilines is 1. The fourth-order valence-electron chi connectivity index (χ4n) is 4.72. The first kappa shape index (κ1) is 26.0. The highest BCUT2D eigenvalue weighted by atomic mass is 16.7. The average molecular weight is 489 g/mol. The molecule has 1 aliphatic heterocycles. The van der Waals surface area contributed by atoms with Crippen molar-refractivity contribution in [1.29, 1.82) is 0 Å². The van der Waals surface area contributed by atoms with Crippen LogP contribution in [0.15, 0.2) is 78.9 Å². The molecule has 1 heterocycles. The Balaban J connectivity index is 1.61. The van der Waals surface area contributed by atoms with Crippen LogP contribution in [0.25, 0.3) is 0 Å². The van der Waals surface area contributed by atoms with Crippen molar-refractivity contribution >= 4 is 11.6 Å². The second kappa shape index (κ2) is 11.8. The molecule has 0 spiro atoms. The number of aliphatic hydroxyl groups is 1. The molecule has 0 radical (unpaired) electrons. The standard InChI is InChI=1S/C30H36N2O4/c1-20-28(18-32(4)21(2)24-9-6-5-7-10-24)35-30(26-11-8-12-27(17-26)31-22(3)34)36-29(20)25-15-13-23(19-33)14-16-25/h5-17,20-21,28-30,33H,18-19H2,1-4H3,(H,31,34)/t20-,21-,28+,29+,30+/m0/s1. The SMILES string of the molecule is CC(=O)Nc1cccc([C@@H]2O[C@H](CN(C)[C@@H](C)c3ccccc3)[C@H](C)[C@H](c3ccc(CO)cc3)O2)c1. The van der Waals surface area contributed by atoms with E-state index in [2.05, 4.69) is 55.4 Å². The van der Waals surface area contributed by atoms with Crippen molar-refractivity contribution in [2.75, 3.05) is 18.9 Å². The third-order valence-corrected chi connectivity index (χ3v) is 7.01. The molecule has 3 aromatic rings. The van der Waals surface area contributed by atoms with E-state index in [1.807, 2.05) is 54.6 Å². The number of likely N-dealkylation sites (N-methyl/N-ethyl adjacent to an activating group) is 1. The van der Waals surface area contributed by atoms with Crippen LogP contribution in [-0.4, -0.2) is 35.6 Å². The fraction of sp³-hybridized carbons (Fsp3) is 0.367. The zero-order valence-corrected chi connectivity index (χ0v) is 21.4. The fourth-order valence-corrected chi connectivity index (χ4v) is 4.72. The van der Waals surface area contributed by atoms with Crippen molar-refractivity contribution in [3.05, 3.63) is 101 Å². The maximum Gasteiger partial charge on any atom is 0.221 e. The highest BCUT2D eigenvalue weighted by Gasteiger charge is 2.39. The number of carbonyl (C=O) groups is 1. The molecular formula is C30H36N2O4. The smallest absolute Gasteiger partial charge is 0.221 e. The Morgan fingerprint density at radius 3 is 2.39 bits per heavy atom. The zero-order chi connectivity index (χ0) is 25.7. The van der Waals surface area contributed by atoms with E-state index in [9.17, 15) is 9.90 Å². The van der Waals surface area contributed by atoms with E-state index in [0.29, 0.717) is 5.69 Å². The molecule has 4 rings (SSSR count). The topological polar surface area (TPSA) is 71.0 Å². The molecule has 190 valence electrons. The Morgan fingerprint density at radius 2 is 1.72 bits per heavy atom. The summed E-state index contributed by atoms with van der Waals surface area (Å²) in [6, 6.07) is 26.2. The van der Waals surface area contributed by atoms with Gasteiger partial charge < -0.3 is 19.9 Å². The van der Waals surface area contributed by atoms with Gasteiger partial charge in [-0.2, -0.15) is 0 Å². The Bertz CT molecular complexity index is 1140. The van der Waals surface area contributed by atoms with Crippen LogP contribution in [0.1, 0.15) is 61.5 Å².